The molecule has 0 aliphatic rings. The van der Waals surface area contributed by atoms with Crippen LogP contribution in [0.1, 0.15) is 17.8 Å². The second kappa shape index (κ2) is 5.96. The summed E-state index contributed by atoms with van der Waals surface area (Å²) < 4.78 is 1.56. The molecule has 0 saturated heterocycles. The lowest BCUT2D eigenvalue weighted by Crippen LogP contribution is -2.22. The minimum absolute atomic E-state index is 0.178. The summed E-state index contributed by atoms with van der Waals surface area (Å²) in [7, 11) is 0. The number of benzene rings is 1. The van der Waals surface area contributed by atoms with Crippen molar-refractivity contribution in [3.05, 3.63) is 51.2 Å². The molecule has 0 aliphatic carbocycles. The molecule has 1 amide bonds. The van der Waals surface area contributed by atoms with Crippen LogP contribution < -0.4 is 11.0 Å². The van der Waals surface area contributed by atoms with E-state index in [0.717, 1.165) is 11.4 Å². The molecule has 1 aromatic carbocycles. The highest BCUT2D eigenvalue weighted by atomic mass is 35.5. The Morgan fingerprint density at radius 1 is 1.35 bits per heavy atom. The van der Waals surface area contributed by atoms with Crippen LogP contribution in [-0.4, -0.2) is 15.5 Å². The van der Waals surface area contributed by atoms with E-state index in [4.69, 9.17) is 11.6 Å². The van der Waals surface area contributed by atoms with E-state index in [-0.39, 0.29) is 18.0 Å². The van der Waals surface area contributed by atoms with Crippen LogP contribution in [0.5, 0.6) is 0 Å². The number of carbonyl (C=O) groups is 1. The third-order valence-corrected chi connectivity index (χ3v) is 3.53. The average Bonchev–Trinajstić information content (AvgIpc) is 2.64. The van der Waals surface area contributed by atoms with E-state index in [1.54, 1.807) is 28.8 Å². The van der Waals surface area contributed by atoms with Gasteiger partial charge in [-0.15, -0.1) is 0 Å². The lowest BCUT2D eigenvalue weighted by atomic mass is 10.3. The Morgan fingerprint density at radius 2 is 2.05 bits per heavy atom. The molecule has 2 aromatic rings. The maximum absolute atomic E-state index is 11.9. The molecule has 0 saturated carbocycles. The van der Waals surface area contributed by atoms with Gasteiger partial charge in [0.1, 0.15) is 0 Å². The number of imidazole rings is 1. The molecule has 0 bridgehead atoms. The average molecular weight is 294 g/mol. The standard InChI is InChI=1S/C14H16ClN3O2/c1-9-10(2)18(14(20)16-9)8-7-13(19)17-12-6-4-3-5-11(12)15/h3-6H,7-8H2,1-2H3,(H,16,20)(H,17,19). The normalized spacial score (nSPS) is 10.6. The Hall–Kier alpha value is -2.01. The molecule has 0 atom stereocenters. The highest BCUT2D eigenvalue weighted by molar-refractivity contribution is 6.33. The first-order chi connectivity index (χ1) is 9.49. The number of aromatic nitrogens is 2. The molecule has 0 aliphatic heterocycles. The van der Waals surface area contributed by atoms with Crippen LogP contribution in [0.3, 0.4) is 0 Å². The maximum Gasteiger partial charge on any atom is 0.325 e. The van der Waals surface area contributed by atoms with Crippen molar-refractivity contribution in [3.8, 4) is 0 Å². The smallest absolute Gasteiger partial charge is 0.325 e. The van der Waals surface area contributed by atoms with Crippen molar-refractivity contribution in [2.45, 2.75) is 26.8 Å². The van der Waals surface area contributed by atoms with Gasteiger partial charge in [-0.25, -0.2) is 4.79 Å². The summed E-state index contributed by atoms with van der Waals surface area (Å²) >= 11 is 5.96. The number of nitrogens with one attached hydrogen (secondary N) is 2. The third kappa shape index (κ3) is 3.11. The zero-order valence-electron chi connectivity index (χ0n) is 11.4. The van der Waals surface area contributed by atoms with E-state index in [1.165, 1.54) is 0 Å². The summed E-state index contributed by atoms with van der Waals surface area (Å²) in [5.74, 6) is -0.178. The van der Waals surface area contributed by atoms with E-state index < -0.39 is 0 Å². The number of H-pyrrole nitrogens is 1. The fourth-order valence-electron chi connectivity index (χ4n) is 1.93. The monoisotopic (exact) mass is 293 g/mol. The zero-order valence-corrected chi connectivity index (χ0v) is 12.1. The molecule has 1 heterocycles. The Morgan fingerprint density at radius 3 is 2.65 bits per heavy atom. The minimum atomic E-state index is -0.189. The number of halogens is 1. The summed E-state index contributed by atoms with van der Waals surface area (Å²) in [4.78, 5) is 26.2. The summed E-state index contributed by atoms with van der Waals surface area (Å²) in [6.45, 7) is 4.02. The van der Waals surface area contributed by atoms with Crippen LogP contribution >= 0.6 is 11.6 Å². The summed E-state index contributed by atoms with van der Waals surface area (Å²) in [5.41, 5.74) is 2.06. The van der Waals surface area contributed by atoms with Gasteiger partial charge in [0.25, 0.3) is 0 Å². The van der Waals surface area contributed by atoms with Crippen molar-refractivity contribution >= 4 is 23.2 Å². The number of anilines is 1. The topological polar surface area (TPSA) is 66.9 Å². The van der Waals surface area contributed by atoms with Gasteiger partial charge in [-0.3, -0.25) is 9.36 Å². The van der Waals surface area contributed by atoms with Gasteiger partial charge >= 0.3 is 5.69 Å². The van der Waals surface area contributed by atoms with Crippen molar-refractivity contribution in [3.63, 3.8) is 0 Å². The van der Waals surface area contributed by atoms with Crippen LogP contribution in [0.4, 0.5) is 5.69 Å². The number of nitrogens with zero attached hydrogens (tertiary/aromatic N) is 1. The fraction of sp³-hybridized carbons (Fsp3) is 0.286. The minimum Gasteiger partial charge on any atom is -0.325 e. The van der Waals surface area contributed by atoms with Crippen LogP contribution in [0.25, 0.3) is 0 Å². The predicted molar refractivity (Wildman–Crippen MR) is 79.2 cm³/mol. The van der Waals surface area contributed by atoms with Crippen molar-refractivity contribution in [1.29, 1.82) is 0 Å². The molecule has 0 fully saturated rings. The number of aromatic amines is 1. The Balaban J connectivity index is 1.99. The highest BCUT2D eigenvalue weighted by Gasteiger charge is 2.09. The molecular formula is C14H16ClN3O2. The van der Waals surface area contributed by atoms with Crippen LogP contribution in [0.15, 0.2) is 29.1 Å². The summed E-state index contributed by atoms with van der Waals surface area (Å²) in [6, 6.07) is 7.04. The first kappa shape index (κ1) is 14.4. The first-order valence-corrected chi connectivity index (χ1v) is 6.67. The van der Waals surface area contributed by atoms with Crippen LogP contribution in [0, 0.1) is 13.8 Å². The summed E-state index contributed by atoms with van der Waals surface area (Å²) in [5, 5.41) is 3.22. The molecule has 2 rings (SSSR count). The molecule has 5 nitrogen and oxygen atoms in total. The number of rotatable bonds is 4. The Bertz CT molecular complexity index is 688. The number of hydrogen-bond donors (Lipinski definition) is 2. The van der Waals surface area contributed by atoms with E-state index in [1.807, 2.05) is 13.8 Å². The number of para-hydroxylation sites is 1. The van der Waals surface area contributed by atoms with E-state index in [2.05, 4.69) is 10.3 Å². The molecular weight excluding hydrogens is 278 g/mol. The second-order valence-corrected chi connectivity index (χ2v) is 4.98. The Kier molecular flexibility index (Phi) is 4.29. The third-order valence-electron chi connectivity index (χ3n) is 3.20. The van der Waals surface area contributed by atoms with Crippen molar-refractivity contribution in [1.82, 2.24) is 9.55 Å². The lowest BCUT2D eigenvalue weighted by molar-refractivity contribution is -0.116. The quantitative estimate of drug-likeness (QED) is 0.909. The Labute approximate surface area is 121 Å². The van der Waals surface area contributed by atoms with E-state index >= 15 is 0 Å². The molecule has 0 radical (unpaired) electrons. The predicted octanol–water partition coefficient (Wildman–Crippen LogP) is 2.48. The molecule has 6 heteroatoms. The van der Waals surface area contributed by atoms with Crippen LogP contribution in [-0.2, 0) is 11.3 Å². The number of amides is 1. The molecule has 0 unspecified atom stereocenters. The molecule has 20 heavy (non-hydrogen) atoms. The highest BCUT2D eigenvalue weighted by Crippen LogP contribution is 2.20. The van der Waals surface area contributed by atoms with E-state index in [9.17, 15) is 9.59 Å². The maximum atomic E-state index is 11.9. The van der Waals surface area contributed by atoms with Crippen molar-refractivity contribution in [2.75, 3.05) is 5.32 Å². The van der Waals surface area contributed by atoms with Gasteiger partial charge in [-0.1, -0.05) is 23.7 Å². The molecule has 0 spiro atoms. The van der Waals surface area contributed by atoms with Crippen molar-refractivity contribution in [2.24, 2.45) is 0 Å². The molecule has 106 valence electrons. The van der Waals surface area contributed by atoms with Gasteiger partial charge in [-0.05, 0) is 26.0 Å². The fourth-order valence-corrected chi connectivity index (χ4v) is 2.11. The SMILES string of the molecule is Cc1[nH]c(=O)n(CCC(=O)Nc2ccccc2Cl)c1C. The number of aryl methyl sites for hydroxylation is 1. The number of carbonyl (C=O) groups excluding carboxylic acids is 1. The largest absolute Gasteiger partial charge is 0.325 e. The van der Waals surface area contributed by atoms with Gasteiger partial charge in [0.2, 0.25) is 5.91 Å². The van der Waals surface area contributed by atoms with Gasteiger partial charge in [-0.2, -0.15) is 0 Å². The second-order valence-electron chi connectivity index (χ2n) is 4.57. The van der Waals surface area contributed by atoms with Gasteiger partial charge in [0.15, 0.2) is 0 Å². The van der Waals surface area contributed by atoms with Crippen LogP contribution in [0.2, 0.25) is 5.02 Å². The van der Waals surface area contributed by atoms with E-state index in [0.29, 0.717) is 17.3 Å². The molecule has 2 N–H and O–H groups in total. The first-order valence-electron chi connectivity index (χ1n) is 6.29. The number of hydrogen-bond acceptors (Lipinski definition) is 2. The lowest BCUT2D eigenvalue weighted by Gasteiger charge is -2.08. The zero-order chi connectivity index (χ0) is 14.7. The van der Waals surface area contributed by atoms with Gasteiger partial charge < -0.3 is 10.3 Å². The van der Waals surface area contributed by atoms with Crippen molar-refractivity contribution < 1.29 is 4.79 Å². The summed E-state index contributed by atoms with van der Waals surface area (Å²) in [6.07, 6.45) is 0.212. The van der Waals surface area contributed by atoms with Gasteiger partial charge in [0, 0.05) is 24.4 Å². The molecule has 1 aromatic heterocycles. The van der Waals surface area contributed by atoms with Gasteiger partial charge in [0.05, 0.1) is 10.7 Å².